The van der Waals surface area contributed by atoms with E-state index in [1.165, 1.54) is 7.11 Å². The number of hydrogen-bond donors (Lipinski definition) is 1. The summed E-state index contributed by atoms with van der Waals surface area (Å²) in [6, 6.07) is 10.4. The molecule has 2 aromatic rings. The van der Waals surface area contributed by atoms with E-state index in [1.54, 1.807) is 59.3 Å². The van der Waals surface area contributed by atoms with Gasteiger partial charge in [0.2, 0.25) is 5.91 Å². The molecule has 0 bridgehead atoms. The van der Waals surface area contributed by atoms with E-state index < -0.39 is 6.04 Å². The maximum absolute atomic E-state index is 12.9. The summed E-state index contributed by atoms with van der Waals surface area (Å²) in [7, 11) is 3.28. The van der Waals surface area contributed by atoms with E-state index in [2.05, 4.69) is 21.2 Å². The number of nitrogens with one attached hydrogen (secondary N) is 1. The number of para-hydroxylation sites is 1. The Bertz CT molecular complexity index is 782. The molecule has 1 N–H and O–H groups in total. The zero-order chi connectivity index (χ0) is 19.8. The fourth-order valence-corrected chi connectivity index (χ4v) is 4.58. The molecule has 1 unspecified atom stereocenters. The molecular weight excluding hydrogens is 448 g/mol. The minimum atomic E-state index is -0.580. The number of hydrogen-bond acceptors (Lipinski definition) is 5. The summed E-state index contributed by atoms with van der Waals surface area (Å²) in [4.78, 5) is 28.4. The zero-order valence-electron chi connectivity index (χ0n) is 15.5. The minimum absolute atomic E-state index is 0.100. The fourth-order valence-electron chi connectivity index (χ4n) is 2.58. The van der Waals surface area contributed by atoms with Crippen molar-refractivity contribution in [3.8, 4) is 5.75 Å². The molecule has 0 fully saturated rings. The first-order chi connectivity index (χ1) is 13.0. The summed E-state index contributed by atoms with van der Waals surface area (Å²) in [6.45, 7) is 0.509. The van der Waals surface area contributed by atoms with Gasteiger partial charge in [0.05, 0.1) is 23.0 Å². The third kappa shape index (κ3) is 6.26. The second kappa shape index (κ2) is 10.7. The molecule has 8 heteroatoms. The van der Waals surface area contributed by atoms with Crippen molar-refractivity contribution in [1.82, 2.24) is 10.2 Å². The molecule has 0 aliphatic carbocycles. The van der Waals surface area contributed by atoms with Crippen molar-refractivity contribution in [2.45, 2.75) is 19.0 Å². The predicted octanol–water partition coefficient (Wildman–Crippen LogP) is 4.03. The van der Waals surface area contributed by atoms with Crippen molar-refractivity contribution in [3.05, 3.63) is 50.6 Å². The van der Waals surface area contributed by atoms with Gasteiger partial charge in [0.15, 0.2) is 0 Å². The molecule has 0 aliphatic heterocycles. The number of carbonyl (C=O) groups excluding carboxylic acids is 2. The van der Waals surface area contributed by atoms with Gasteiger partial charge in [-0.1, -0.05) is 12.1 Å². The standard InChI is InChI=1S/C19H23BrN2O3S2/c1-22(12-13-8-9-17(20)27-13)19(24)15(10-11-26-3)21-18(23)14-6-4-5-7-16(14)25-2/h4-9,15H,10-12H2,1-3H3,(H,21,23). The van der Waals surface area contributed by atoms with E-state index in [-0.39, 0.29) is 11.8 Å². The Kier molecular flexibility index (Phi) is 8.66. The Labute approximate surface area is 176 Å². The van der Waals surface area contributed by atoms with Gasteiger partial charge in [-0.3, -0.25) is 9.59 Å². The quantitative estimate of drug-likeness (QED) is 0.600. The highest BCUT2D eigenvalue weighted by atomic mass is 79.9. The molecule has 146 valence electrons. The number of nitrogens with zero attached hydrogens (tertiary/aromatic N) is 1. The molecule has 0 saturated heterocycles. The van der Waals surface area contributed by atoms with Crippen LogP contribution in [-0.2, 0) is 11.3 Å². The zero-order valence-corrected chi connectivity index (χ0v) is 18.7. The SMILES string of the molecule is COc1ccccc1C(=O)NC(CCSC)C(=O)N(C)Cc1ccc(Br)s1. The van der Waals surface area contributed by atoms with Crippen LogP contribution in [0, 0.1) is 0 Å². The van der Waals surface area contributed by atoms with Gasteiger partial charge in [-0.15, -0.1) is 11.3 Å². The first-order valence-electron chi connectivity index (χ1n) is 8.38. The summed E-state index contributed by atoms with van der Waals surface area (Å²) in [5.74, 6) is 0.861. The molecule has 1 aromatic heterocycles. The van der Waals surface area contributed by atoms with E-state index in [0.717, 1.165) is 14.4 Å². The Morgan fingerprint density at radius 1 is 1.30 bits per heavy atom. The molecule has 5 nitrogen and oxygen atoms in total. The molecule has 0 saturated carbocycles. The third-order valence-corrected chi connectivity index (χ3v) is 6.22. The summed E-state index contributed by atoms with van der Waals surface area (Å²) in [6.07, 6.45) is 2.55. The molecule has 2 amide bonds. The normalized spacial score (nSPS) is 11.7. The maximum Gasteiger partial charge on any atom is 0.255 e. The summed E-state index contributed by atoms with van der Waals surface area (Å²) < 4.78 is 6.28. The van der Waals surface area contributed by atoms with E-state index in [9.17, 15) is 9.59 Å². The van der Waals surface area contributed by atoms with Gasteiger partial charge >= 0.3 is 0 Å². The summed E-state index contributed by atoms with van der Waals surface area (Å²) in [5, 5.41) is 2.89. The Balaban J connectivity index is 2.10. The van der Waals surface area contributed by atoms with Crippen LogP contribution >= 0.6 is 39.0 Å². The van der Waals surface area contributed by atoms with Gasteiger partial charge in [0.25, 0.3) is 5.91 Å². The maximum atomic E-state index is 12.9. The van der Waals surface area contributed by atoms with Gasteiger partial charge in [0.1, 0.15) is 11.8 Å². The van der Waals surface area contributed by atoms with E-state index >= 15 is 0 Å². The van der Waals surface area contributed by atoms with Crippen LogP contribution in [0.1, 0.15) is 21.7 Å². The second-order valence-corrected chi connectivity index (χ2v) is 9.44. The molecule has 0 radical (unpaired) electrons. The number of ether oxygens (including phenoxy) is 1. The lowest BCUT2D eigenvalue weighted by Gasteiger charge is -2.24. The largest absolute Gasteiger partial charge is 0.496 e. The van der Waals surface area contributed by atoms with E-state index in [0.29, 0.717) is 24.3 Å². The topological polar surface area (TPSA) is 58.6 Å². The lowest BCUT2D eigenvalue weighted by atomic mass is 10.1. The average Bonchev–Trinajstić information content (AvgIpc) is 3.08. The number of amides is 2. The second-order valence-electron chi connectivity index (χ2n) is 5.91. The highest BCUT2D eigenvalue weighted by molar-refractivity contribution is 9.11. The lowest BCUT2D eigenvalue weighted by Crippen LogP contribution is -2.47. The number of thiophene rings is 1. The van der Waals surface area contributed by atoms with Crippen LogP contribution in [0.25, 0.3) is 0 Å². The van der Waals surface area contributed by atoms with Crippen LogP contribution in [0.3, 0.4) is 0 Å². The summed E-state index contributed by atoms with van der Waals surface area (Å²) >= 11 is 6.68. The van der Waals surface area contributed by atoms with Crippen LogP contribution in [0.15, 0.2) is 40.2 Å². The fraction of sp³-hybridized carbons (Fsp3) is 0.368. The number of carbonyl (C=O) groups is 2. The monoisotopic (exact) mass is 470 g/mol. The molecule has 1 heterocycles. The van der Waals surface area contributed by atoms with Crippen molar-refractivity contribution < 1.29 is 14.3 Å². The highest BCUT2D eigenvalue weighted by Crippen LogP contribution is 2.23. The number of rotatable bonds is 9. The van der Waals surface area contributed by atoms with Gasteiger partial charge in [-0.25, -0.2) is 0 Å². The van der Waals surface area contributed by atoms with E-state index in [1.807, 2.05) is 18.4 Å². The van der Waals surface area contributed by atoms with Crippen LogP contribution in [0.2, 0.25) is 0 Å². The number of halogens is 1. The molecule has 0 spiro atoms. The van der Waals surface area contributed by atoms with Gasteiger partial charge in [-0.2, -0.15) is 11.8 Å². The van der Waals surface area contributed by atoms with Gasteiger partial charge in [-0.05, 0) is 58.6 Å². The Morgan fingerprint density at radius 3 is 2.67 bits per heavy atom. The van der Waals surface area contributed by atoms with E-state index in [4.69, 9.17) is 4.74 Å². The minimum Gasteiger partial charge on any atom is -0.496 e. The van der Waals surface area contributed by atoms with Crippen LogP contribution in [0.5, 0.6) is 5.75 Å². The summed E-state index contributed by atoms with van der Waals surface area (Å²) in [5.41, 5.74) is 0.423. The van der Waals surface area contributed by atoms with Crippen molar-refractivity contribution in [3.63, 3.8) is 0 Å². The number of likely N-dealkylation sites (N-methyl/N-ethyl adjacent to an activating group) is 1. The molecule has 1 aromatic carbocycles. The van der Waals surface area contributed by atoms with Gasteiger partial charge < -0.3 is 15.0 Å². The van der Waals surface area contributed by atoms with Crippen molar-refractivity contribution in [2.24, 2.45) is 0 Å². The molecule has 1 atom stereocenters. The average molecular weight is 471 g/mol. The van der Waals surface area contributed by atoms with Crippen molar-refractivity contribution in [2.75, 3.05) is 26.2 Å². The van der Waals surface area contributed by atoms with Crippen molar-refractivity contribution >= 4 is 50.8 Å². The smallest absolute Gasteiger partial charge is 0.255 e. The molecular formula is C19H23BrN2O3S2. The lowest BCUT2D eigenvalue weighted by molar-refractivity contribution is -0.132. The van der Waals surface area contributed by atoms with Crippen molar-refractivity contribution in [1.29, 1.82) is 0 Å². The predicted molar refractivity (Wildman–Crippen MR) is 116 cm³/mol. The first kappa shape index (κ1) is 21.8. The van der Waals surface area contributed by atoms with Gasteiger partial charge in [0, 0.05) is 11.9 Å². The Morgan fingerprint density at radius 2 is 2.04 bits per heavy atom. The van der Waals surface area contributed by atoms with Crippen LogP contribution in [-0.4, -0.2) is 48.9 Å². The molecule has 2 rings (SSSR count). The molecule has 0 aliphatic rings. The Hall–Kier alpha value is -1.51. The van der Waals surface area contributed by atoms with Crippen LogP contribution < -0.4 is 10.1 Å². The number of methoxy groups -OCH3 is 1. The highest BCUT2D eigenvalue weighted by Gasteiger charge is 2.25. The molecule has 27 heavy (non-hydrogen) atoms. The third-order valence-electron chi connectivity index (χ3n) is 3.96. The van der Waals surface area contributed by atoms with Crippen LogP contribution in [0.4, 0.5) is 0 Å². The first-order valence-corrected chi connectivity index (χ1v) is 11.4. The number of benzene rings is 1. The number of thioether (sulfide) groups is 1.